The Bertz CT molecular complexity index is 565. The fourth-order valence-electron chi connectivity index (χ4n) is 2.20. The van der Waals surface area contributed by atoms with Crippen LogP contribution in [-0.4, -0.2) is 18.5 Å². The molecule has 3 heteroatoms. The third kappa shape index (κ3) is 3.32. The Kier molecular flexibility index (Phi) is 4.53. The van der Waals surface area contributed by atoms with Gasteiger partial charge in [0.05, 0.1) is 0 Å². The largest absolute Gasteiger partial charge is 0.348 e. The first-order valence-electron chi connectivity index (χ1n) is 6.74. The highest BCUT2D eigenvalue weighted by atomic mass is 16.1. The van der Waals surface area contributed by atoms with Gasteiger partial charge in [-0.1, -0.05) is 43.7 Å². The SMILES string of the molecule is CCCC(CN)NC(=O)c1ccc2ccccc2c1. The average molecular weight is 256 g/mol. The number of hydrogen-bond donors (Lipinski definition) is 2. The van der Waals surface area contributed by atoms with Crippen molar-refractivity contribution in [3.05, 3.63) is 48.0 Å². The van der Waals surface area contributed by atoms with E-state index < -0.39 is 0 Å². The van der Waals surface area contributed by atoms with Crippen LogP contribution in [0.4, 0.5) is 0 Å². The second-order valence-electron chi connectivity index (χ2n) is 4.76. The summed E-state index contributed by atoms with van der Waals surface area (Å²) in [6.45, 7) is 2.57. The summed E-state index contributed by atoms with van der Waals surface area (Å²) in [4.78, 5) is 12.2. The van der Waals surface area contributed by atoms with E-state index in [1.54, 1.807) is 0 Å². The van der Waals surface area contributed by atoms with E-state index in [0.29, 0.717) is 12.1 Å². The lowest BCUT2D eigenvalue weighted by molar-refractivity contribution is 0.0936. The molecule has 0 bridgehead atoms. The topological polar surface area (TPSA) is 55.1 Å². The lowest BCUT2D eigenvalue weighted by Gasteiger charge is -2.16. The molecule has 0 aliphatic carbocycles. The minimum atomic E-state index is -0.0466. The van der Waals surface area contributed by atoms with Crippen molar-refractivity contribution >= 4 is 16.7 Å². The van der Waals surface area contributed by atoms with Gasteiger partial charge in [-0.25, -0.2) is 0 Å². The number of carbonyl (C=O) groups excluding carboxylic acids is 1. The Balaban J connectivity index is 2.16. The highest BCUT2D eigenvalue weighted by molar-refractivity contribution is 5.98. The second kappa shape index (κ2) is 6.34. The first-order valence-corrected chi connectivity index (χ1v) is 6.74. The molecule has 2 rings (SSSR count). The number of nitrogens with one attached hydrogen (secondary N) is 1. The maximum atomic E-state index is 12.2. The van der Waals surface area contributed by atoms with Gasteiger partial charge in [-0.2, -0.15) is 0 Å². The molecule has 0 saturated heterocycles. The molecule has 0 fully saturated rings. The smallest absolute Gasteiger partial charge is 0.251 e. The van der Waals surface area contributed by atoms with E-state index in [-0.39, 0.29) is 11.9 Å². The molecular weight excluding hydrogens is 236 g/mol. The summed E-state index contributed by atoms with van der Waals surface area (Å²) in [5, 5.41) is 5.20. The van der Waals surface area contributed by atoms with Gasteiger partial charge in [0.25, 0.3) is 5.91 Å². The standard InChI is InChI=1S/C16H20N2O/c1-2-5-15(11-17)18-16(19)14-9-8-12-6-3-4-7-13(12)10-14/h3-4,6-10,15H,2,5,11,17H2,1H3,(H,18,19). The third-order valence-electron chi connectivity index (χ3n) is 3.27. The van der Waals surface area contributed by atoms with E-state index in [1.807, 2.05) is 42.5 Å². The predicted molar refractivity (Wildman–Crippen MR) is 79.2 cm³/mol. The summed E-state index contributed by atoms with van der Waals surface area (Å²) in [5.74, 6) is -0.0466. The van der Waals surface area contributed by atoms with E-state index in [9.17, 15) is 4.79 Å². The van der Waals surface area contributed by atoms with Gasteiger partial charge in [0.15, 0.2) is 0 Å². The van der Waals surface area contributed by atoms with Gasteiger partial charge >= 0.3 is 0 Å². The van der Waals surface area contributed by atoms with E-state index in [4.69, 9.17) is 5.73 Å². The number of rotatable bonds is 5. The summed E-state index contributed by atoms with van der Waals surface area (Å²) in [5.41, 5.74) is 6.35. The molecule has 3 nitrogen and oxygen atoms in total. The van der Waals surface area contributed by atoms with Gasteiger partial charge < -0.3 is 11.1 Å². The molecule has 100 valence electrons. The van der Waals surface area contributed by atoms with Crippen LogP contribution in [0.5, 0.6) is 0 Å². The zero-order chi connectivity index (χ0) is 13.7. The zero-order valence-corrected chi connectivity index (χ0v) is 11.2. The highest BCUT2D eigenvalue weighted by Gasteiger charge is 2.11. The third-order valence-corrected chi connectivity index (χ3v) is 3.27. The zero-order valence-electron chi connectivity index (χ0n) is 11.2. The van der Waals surface area contributed by atoms with Crippen LogP contribution in [0.3, 0.4) is 0 Å². The van der Waals surface area contributed by atoms with E-state index in [2.05, 4.69) is 12.2 Å². The van der Waals surface area contributed by atoms with Crippen molar-refractivity contribution in [1.29, 1.82) is 0 Å². The summed E-state index contributed by atoms with van der Waals surface area (Å²) in [7, 11) is 0. The van der Waals surface area contributed by atoms with Gasteiger partial charge in [0.1, 0.15) is 0 Å². The van der Waals surface area contributed by atoms with E-state index >= 15 is 0 Å². The minimum Gasteiger partial charge on any atom is -0.348 e. The molecule has 0 aliphatic rings. The first-order chi connectivity index (χ1) is 9.24. The van der Waals surface area contributed by atoms with Gasteiger partial charge in [0, 0.05) is 18.2 Å². The molecule has 0 radical (unpaired) electrons. The van der Waals surface area contributed by atoms with Gasteiger partial charge in [-0.05, 0) is 29.3 Å². The molecule has 1 unspecified atom stereocenters. The monoisotopic (exact) mass is 256 g/mol. The summed E-state index contributed by atoms with van der Waals surface area (Å²) in [6.07, 6.45) is 1.93. The second-order valence-corrected chi connectivity index (χ2v) is 4.76. The molecule has 2 aromatic rings. The number of hydrogen-bond acceptors (Lipinski definition) is 2. The van der Waals surface area contributed by atoms with Crippen molar-refractivity contribution in [3.63, 3.8) is 0 Å². The van der Waals surface area contributed by atoms with Crippen molar-refractivity contribution in [2.75, 3.05) is 6.54 Å². The molecule has 1 amide bonds. The molecule has 1 atom stereocenters. The van der Waals surface area contributed by atoms with Crippen LogP contribution in [0.15, 0.2) is 42.5 Å². The molecule has 0 spiro atoms. The summed E-state index contributed by atoms with van der Waals surface area (Å²) < 4.78 is 0. The first kappa shape index (κ1) is 13.6. The lowest BCUT2D eigenvalue weighted by Crippen LogP contribution is -2.40. The molecular formula is C16H20N2O. The number of nitrogens with two attached hydrogens (primary N) is 1. The maximum absolute atomic E-state index is 12.2. The summed E-state index contributed by atoms with van der Waals surface area (Å²) >= 11 is 0. The Labute approximate surface area is 113 Å². The molecule has 2 aromatic carbocycles. The Hall–Kier alpha value is -1.87. The van der Waals surface area contributed by atoms with Crippen molar-refractivity contribution < 1.29 is 4.79 Å². The molecule has 19 heavy (non-hydrogen) atoms. The van der Waals surface area contributed by atoms with Crippen LogP contribution in [0.25, 0.3) is 10.8 Å². The number of carbonyl (C=O) groups is 1. The molecule has 0 aromatic heterocycles. The Morgan fingerprint density at radius 2 is 1.95 bits per heavy atom. The fraction of sp³-hybridized carbons (Fsp3) is 0.312. The normalized spacial score (nSPS) is 12.3. The fourth-order valence-corrected chi connectivity index (χ4v) is 2.20. The predicted octanol–water partition coefficient (Wildman–Crippen LogP) is 2.70. The average Bonchev–Trinajstić information content (AvgIpc) is 2.46. The van der Waals surface area contributed by atoms with Gasteiger partial charge in [-0.3, -0.25) is 4.79 Å². The van der Waals surface area contributed by atoms with Crippen LogP contribution < -0.4 is 11.1 Å². The summed E-state index contributed by atoms with van der Waals surface area (Å²) in [6, 6.07) is 13.8. The van der Waals surface area contributed by atoms with Crippen molar-refractivity contribution in [3.8, 4) is 0 Å². The number of benzene rings is 2. The van der Waals surface area contributed by atoms with Crippen molar-refractivity contribution in [1.82, 2.24) is 5.32 Å². The quantitative estimate of drug-likeness (QED) is 0.864. The van der Waals surface area contributed by atoms with Gasteiger partial charge in [0.2, 0.25) is 0 Å². The van der Waals surface area contributed by atoms with Crippen LogP contribution in [0.1, 0.15) is 30.1 Å². The molecule has 0 saturated carbocycles. The number of amides is 1. The minimum absolute atomic E-state index is 0.0466. The van der Waals surface area contributed by atoms with Crippen LogP contribution in [0.2, 0.25) is 0 Å². The van der Waals surface area contributed by atoms with Gasteiger partial charge in [-0.15, -0.1) is 0 Å². The molecule has 3 N–H and O–H groups in total. The Morgan fingerprint density at radius 1 is 1.21 bits per heavy atom. The molecule has 0 aliphatic heterocycles. The van der Waals surface area contributed by atoms with Crippen molar-refractivity contribution in [2.24, 2.45) is 5.73 Å². The van der Waals surface area contributed by atoms with Crippen molar-refractivity contribution in [2.45, 2.75) is 25.8 Å². The number of fused-ring (bicyclic) bond motifs is 1. The van der Waals surface area contributed by atoms with E-state index in [0.717, 1.165) is 23.6 Å². The van der Waals surface area contributed by atoms with E-state index in [1.165, 1.54) is 0 Å². The van der Waals surface area contributed by atoms with Crippen LogP contribution >= 0.6 is 0 Å². The Morgan fingerprint density at radius 3 is 2.63 bits per heavy atom. The maximum Gasteiger partial charge on any atom is 0.251 e. The lowest BCUT2D eigenvalue weighted by atomic mass is 10.1. The van der Waals surface area contributed by atoms with Crippen LogP contribution in [-0.2, 0) is 0 Å². The molecule has 0 heterocycles. The van der Waals surface area contributed by atoms with Crippen LogP contribution in [0, 0.1) is 0 Å². The highest BCUT2D eigenvalue weighted by Crippen LogP contribution is 2.15.